The summed E-state index contributed by atoms with van der Waals surface area (Å²) in [5, 5.41) is 6.18. The van der Waals surface area contributed by atoms with Crippen LogP contribution >= 0.6 is 0 Å². The third kappa shape index (κ3) is 5.43. The van der Waals surface area contributed by atoms with Gasteiger partial charge in [-0.2, -0.15) is 0 Å². The highest BCUT2D eigenvalue weighted by Gasteiger charge is 2.72. The topological polar surface area (TPSA) is 106 Å². The molecular weight excluding hydrogens is 498 g/mol. The molecule has 1 spiro atoms. The van der Waals surface area contributed by atoms with Crippen molar-refractivity contribution < 1.29 is 28.6 Å². The molecule has 9 heteroatoms. The van der Waals surface area contributed by atoms with Gasteiger partial charge in [0.25, 0.3) is 0 Å². The van der Waals surface area contributed by atoms with Crippen LogP contribution in [0.2, 0.25) is 0 Å². The summed E-state index contributed by atoms with van der Waals surface area (Å²) in [5.74, 6) is -1.46. The minimum absolute atomic E-state index is 0.0835. The number of nitrogens with one attached hydrogen (secondary N) is 2. The van der Waals surface area contributed by atoms with Crippen molar-refractivity contribution in [3.8, 4) is 5.75 Å². The van der Waals surface area contributed by atoms with Crippen molar-refractivity contribution in [1.29, 1.82) is 0 Å². The summed E-state index contributed by atoms with van der Waals surface area (Å²) < 4.78 is 17.6. The lowest BCUT2D eigenvalue weighted by Crippen LogP contribution is -2.56. The number of ether oxygens (including phenoxy) is 3. The molecule has 3 fully saturated rings. The molecule has 1 aromatic carbocycles. The van der Waals surface area contributed by atoms with E-state index in [1.165, 1.54) is 6.42 Å². The molecule has 212 valence electrons. The van der Waals surface area contributed by atoms with Crippen molar-refractivity contribution >= 4 is 23.4 Å². The van der Waals surface area contributed by atoms with Gasteiger partial charge in [-0.05, 0) is 64.3 Å². The quantitative estimate of drug-likeness (QED) is 0.330. The van der Waals surface area contributed by atoms with Crippen LogP contribution in [0.4, 0.5) is 5.69 Å². The first-order valence-electron chi connectivity index (χ1n) is 14.5. The number of amides is 3. The number of rotatable bonds is 11. The monoisotopic (exact) mass is 539 g/mol. The molecule has 2 N–H and O–H groups in total. The SMILES string of the molecule is CCOc1ccc(NC(=O)[C@@H]2[C@@H]3C=C[C@]4(O3)[C@@H]2C(=O)N(CCCOC(C)C)[C@H]4C(=O)NC2CCCCC2)cc1. The van der Waals surface area contributed by atoms with Crippen LogP contribution in [0.5, 0.6) is 5.75 Å². The Labute approximate surface area is 230 Å². The number of nitrogens with zero attached hydrogens (tertiary/aromatic N) is 1. The normalized spacial score (nSPS) is 29.6. The van der Waals surface area contributed by atoms with E-state index in [0.29, 0.717) is 31.9 Å². The van der Waals surface area contributed by atoms with Gasteiger partial charge in [-0.25, -0.2) is 0 Å². The fourth-order valence-corrected chi connectivity index (χ4v) is 6.62. The molecule has 1 aromatic rings. The van der Waals surface area contributed by atoms with E-state index < -0.39 is 29.6 Å². The molecule has 3 amide bonds. The minimum atomic E-state index is -1.15. The Morgan fingerprint density at radius 3 is 2.56 bits per heavy atom. The number of fused-ring (bicyclic) bond motifs is 1. The first kappa shape index (κ1) is 27.6. The minimum Gasteiger partial charge on any atom is -0.494 e. The zero-order chi connectivity index (χ0) is 27.6. The fourth-order valence-electron chi connectivity index (χ4n) is 6.62. The van der Waals surface area contributed by atoms with Crippen LogP contribution in [-0.2, 0) is 23.9 Å². The van der Waals surface area contributed by atoms with E-state index in [4.69, 9.17) is 14.2 Å². The van der Waals surface area contributed by atoms with Crippen LogP contribution in [0, 0.1) is 11.8 Å². The van der Waals surface area contributed by atoms with Gasteiger partial charge in [0.05, 0.1) is 30.7 Å². The first-order valence-corrected chi connectivity index (χ1v) is 14.5. The highest BCUT2D eigenvalue weighted by Crippen LogP contribution is 2.55. The Morgan fingerprint density at radius 2 is 1.87 bits per heavy atom. The average Bonchev–Trinajstić information content (AvgIpc) is 3.56. The molecule has 5 rings (SSSR count). The number of anilines is 1. The average molecular weight is 540 g/mol. The standard InChI is InChI=1S/C30H41N3O6/c1-4-37-22-13-11-21(12-14-22)31-27(34)24-23-15-16-30(39-23)25(24)29(36)33(17-8-18-38-19(2)3)26(30)28(35)32-20-9-6-5-7-10-20/h11-16,19-20,23-26H,4-10,17-18H2,1-3H3,(H,31,34)(H,32,35)/t23-,24+,25-,26-,30-/m0/s1. The molecule has 0 radical (unpaired) electrons. The Morgan fingerprint density at radius 1 is 1.13 bits per heavy atom. The number of hydrogen-bond acceptors (Lipinski definition) is 6. The summed E-state index contributed by atoms with van der Waals surface area (Å²) in [4.78, 5) is 43.0. The number of likely N-dealkylation sites (tertiary alicyclic amines) is 1. The van der Waals surface area contributed by atoms with Crippen LogP contribution in [0.3, 0.4) is 0 Å². The zero-order valence-electron chi connectivity index (χ0n) is 23.2. The summed E-state index contributed by atoms with van der Waals surface area (Å²) in [6.07, 6.45) is 9.06. The Bertz CT molecular complexity index is 1080. The van der Waals surface area contributed by atoms with Crippen LogP contribution in [0.1, 0.15) is 59.3 Å². The third-order valence-corrected chi connectivity index (χ3v) is 8.30. The van der Waals surface area contributed by atoms with Gasteiger partial charge in [-0.15, -0.1) is 0 Å². The molecule has 1 saturated carbocycles. The van der Waals surface area contributed by atoms with E-state index >= 15 is 0 Å². The molecule has 3 aliphatic heterocycles. The molecule has 5 atom stereocenters. The Hall–Kier alpha value is -2.91. The molecule has 2 bridgehead atoms. The van der Waals surface area contributed by atoms with E-state index in [1.54, 1.807) is 29.2 Å². The highest BCUT2D eigenvalue weighted by atomic mass is 16.5. The first-order chi connectivity index (χ1) is 18.8. The lowest BCUT2D eigenvalue weighted by Gasteiger charge is -2.34. The van der Waals surface area contributed by atoms with Crippen molar-refractivity contribution in [3.63, 3.8) is 0 Å². The number of carbonyl (C=O) groups excluding carboxylic acids is 3. The van der Waals surface area contributed by atoms with Crippen LogP contribution in [0.25, 0.3) is 0 Å². The molecule has 9 nitrogen and oxygen atoms in total. The molecular formula is C30H41N3O6. The van der Waals surface area contributed by atoms with Gasteiger partial charge < -0.3 is 29.7 Å². The van der Waals surface area contributed by atoms with Crippen molar-refractivity contribution in [2.45, 2.75) is 89.2 Å². The van der Waals surface area contributed by atoms with Gasteiger partial charge in [0, 0.05) is 24.9 Å². The summed E-state index contributed by atoms with van der Waals surface area (Å²) in [7, 11) is 0. The van der Waals surface area contributed by atoms with Gasteiger partial charge in [0.15, 0.2) is 0 Å². The summed E-state index contributed by atoms with van der Waals surface area (Å²) >= 11 is 0. The van der Waals surface area contributed by atoms with E-state index in [1.807, 2.05) is 32.9 Å². The molecule has 39 heavy (non-hydrogen) atoms. The van der Waals surface area contributed by atoms with Crippen LogP contribution in [-0.4, -0.2) is 72.3 Å². The summed E-state index contributed by atoms with van der Waals surface area (Å²) in [6.45, 7) is 7.25. The van der Waals surface area contributed by atoms with E-state index in [9.17, 15) is 14.4 Å². The van der Waals surface area contributed by atoms with Gasteiger partial charge in [0.2, 0.25) is 17.7 Å². The maximum absolute atomic E-state index is 14.0. The number of benzene rings is 1. The number of carbonyl (C=O) groups is 3. The number of hydrogen-bond donors (Lipinski definition) is 2. The largest absolute Gasteiger partial charge is 0.494 e. The summed E-state index contributed by atoms with van der Waals surface area (Å²) in [5.41, 5.74) is -0.538. The molecule has 1 aliphatic carbocycles. The van der Waals surface area contributed by atoms with Crippen molar-refractivity contribution in [2.75, 3.05) is 25.1 Å². The van der Waals surface area contributed by atoms with E-state index in [0.717, 1.165) is 31.4 Å². The lowest BCUT2D eigenvalue weighted by molar-refractivity contribution is -0.141. The summed E-state index contributed by atoms with van der Waals surface area (Å²) in [6, 6.07) is 6.43. The zero-order valence-corrected chi connectivity index (χ0v) is 23.2. The van der Waals surface area contributed by atoms with Crippen LogP contribution in [0.15, 0.2) is 36.4 Å². The molecule has 4 aliphatic rings. The van der Waals surface area contributed by atoms with Crippen LogP contribution < -0.4 is 15.4 Å². The molecule has 0 aromatic heterocycles. The van der Waals surface area contributed by atoms with E-state index in [2.05, 4.69) is 10.6 Å². The van der Waals surface area contributed by atoms with E-state index in [-0.39, 0.29) is 29.9 Å². The second-order valence-electron chi connectivity index (χ2n) is 11.3. The van der Waals surface area contributed by atoms with Gasteiger partial charge in [0.1, 0.15) is 17.4 Å². The molecule has 2 saturated heterocycles. The maximum Gasteiger partial charge on any atom is 0.246 e. The Balaban J connectivity index is 1.37. The Kier molecular flexibility index (Phi) is 8.28. The molecule has 3 heterocycles. The highest BCUT2D eigenvalue weighted by molar-refractivity contribution is 6.02. The van der Waals surface area contributed by atoms with Gasteiger partial charge in [-0.1, -0.05) is 31.4 Å². The predicted molar refractivity (Wildman–Crippen MR) is 146 cm³/mol. The molecule has 0 unspecified atom stereocenters. The van der Waals surface area contributed by atoms with Crippen molar-refractivity contribution in [2.24, 2.45) is 11.8 Å². The van der Waals surface area contributed by atoms with Gasteiger partial charge >= 0.3 is 0 Å². The lowest BCUT2D eigenvalue weighted by atomic mass is 9.74. The second kappa shape index (κ2) is 11.7. The predicted octanol–water partition coefficient (Wildman–Crippen LogP) is 3.44. The van der Waals surface area contributed by atoms with Gasteiger partial charge in [-0.3, -0.25) is 14.4 Å². The second-order valence-corrected chi connectivity index (χ2v) is 11.3. The maximum atomic E-state index is 14.0. The fraction of sp³-hybridized carbons (Fsp3) is 0.633. The van der Waals surface area contributed by atoms with Crippen molar-refractivity contribution in [3.05, 3.63) is 36.4 Å². The smallest absolute Gasteiger partial charge is 0.246 e. The van der Waals surface area contributed by atoms with Crippen molar-refractivity contribution in [1.82, 2.24) is 10.2 Å². The third-order valence-electron chi connectivity index (χ3n) is 8.30.